The lowest BCUT2D eigenvalue weighted by Crippen LogP contribution is -2.27. The average molecular weight is 307 g/mol. The number of aromatic nitrogens is 2. The Hall–Kier alpha value is -0.430. The van der Waals surface area contributed by atoms with Gasteiger partial charge >= 0.3 is 0 Å². The van der Waals surface area contributed by atoms with Gasteiger partial charge in [-0.3, -0.25) is 0 Å². The lowest BCUT2D eigenvalue weighted by Gasteiger charge is -2.20. The van der Waals surface area contributed by atoms with Gasteiger partial charge in [0.25, 0.3) is 0 Å². The Kier molecular flexibility index (Phi) is 4.53. The van der Waals surface area contributed by atoms with Gasteiger partial charge in [0.15, 0.2) is 0 Å². The van der Waals surface area contributed by atoms with E-state index in [1.165, 1.54) is 6.33 Å². The van der Waals surface area contributed by atoms with E-state index < -0.39 is 0 Å². The van der Waals surface area contributed by atoms with E-state index in [1.807, 2.05) is 13.8 Å². The molecule has 78 valence electrons. The van der Waals surface area contributed by atoms with Crippen molar-refractivity contribution in [3.05, 3.63) is 16.1 Å². The van der Waals surface area contributed by atoms with Crippen LogP contribution in [0.25, 0.3) is 0 Å². The van der Waals surface area contributed by atoms with Crippen molar-refractivity contribution < 1.29 is 5.11 Å². The van der Waals surface area contributed by atoms with Gasteiger partial charge in [-0.2, -0.15) is 0 Å². The summed E-state index contributed by atoms with van der Waals surface area (Å²) in [6.07, 6.45) is 3.27. The van der Waals surface area contributed by atoms with Crippen LogP contribution in [0.1, 0.15) is 13.8 Å². The van der Waals surface area contributed by atoms with Gasteiger partial charge in [0, 0.05) is 18.8 Å². The molecule has 4 nitrogen and oxygen atoms in total. The molecule has 0 aliphatic rings. The smallest absolute Gasteiger partial charge is 0.143 e. The van der Waals surface area contributed by atoms with E-state index in [4.69, 9.17) is 5.11 Å². The van der Waals surface area contributed by atoms with Crippen molar-refractivity contribution in [1.29, 1.82) is 0 Å². The number of aliphatic hydroxyl groups excluding tert-OH is 1. The Balaban J connectivity index is 2.64. The summed E-state index contributed by atoms with van der Waals surface area (Å²) in [6.45, 7) is 4.20. The lowest BCUT2D eigenvalue weighted by atomic mass is 10.1. The fourth-order valence-electron chi connectivity index (χ4n) is 0.935. The molecule has 0 bridgehead atoms. The van der Waals surface area contributed by atoms with Crippen LogP contribution in [0.4, 0.5) is 5.82 Å². The molecule has 0 amide bonds. The second-order valence-electron chi connectivity index (χ2n) is 3.31. The zero-order valence-electron chi connectivity index (χ0n) is 8.24. The minimum absolute atomic E-state index is 0.176. The maximum Gasteiger partial charge on any atom is 0.143 e. The summed E-state index contributed by atoms with van der Waals surface area (Å²) < 4.78 is 0.988. The minimum Gasteiger partial charge on any atom is -0.396 e. The van der Waals surface area contributed by atoms with Gasteiger partial charge in [0.2, 0.25) is 0 Å². The number of aliphatic hydroxyl groups is 1. The van der Waals surface area contributed by atoms with Gasteiger partial charge in [0.05, 0.1) is 3.57 Å². The number of halogens is 1. The Morgan fingerprint density at radius 3 is 2.86 bits per heavy atom. The molecule has 1 rings (SSSR count). The van der Waals surface area contributed by atoms with Crippen molar-refractivity contribution in [2.75, 3.05) is 11.9 Å². The molecular weight excluding hydrogens is 293 g/mol. The molecule has 0 radical (unpaired) electrons. The van der Waals surface area contributed by atoms with Crippen LogP contribution in [0.15, 0.2) is 12.5 Å². The molecule has 2 unspecified atom stereocenters. The molecule has 5 heteroatoms. The molecule has 14 heavy (non-hydrogen) atoms. The third-order valence-electron chi connectivity index (χ3n) is 2.17. The summed E-state index contributed by atoms with van der Waals surface area (Å²) in [4.78, 5) is 8.03. The highest BCUT2D eigenvalue weighted by Crippen LogP contribution is 2.15. The molecule has 0 saturated carbocycles. The lowest BCUT2D eigenvalue weighted by molar-refractivity contribution is 0.226. The summed E-state index contributed by atoms with van der Waals surface area (Å²) in [6, 6.07) is 0.198. The van der Waals surface area contributed by atoms with E-state index in [1.54, 1.807) is 6.20 Å². The maximum absolute atomic E-state index is 8.98. The number of nitrogens with one attached hydrogen (secondary N) is 1. The summed E-state index contributed by atoms with van der Waals surface area (Å²) in [5, 5.41) is 12.2. The molecule has 1 aromatic heterocycles. The number of anilines is 1. The summed E-state index contributed by atoms with van der Waals surface area (Å²) in [5.41, 5.74) is 0. The molecule has 2 N–H and O–H groups in total. The molecular formula is C9H14IN3O. The van der Waals surface area contributed by atoms with Crippen molar-refractivity contribution in [2.24, 2.45) is 5.92 Å². The molecule has 1 aromatic rings. The highest BCUT2D eigenvalue weighted by atomic mass is 127. The van der Waals surface area contributed by atoms with Crippen LogP contribution < -0.4 is 5.32 Å². The largest absolute Gasteiger partial charge is 0.396 e. The van der Waals surface area contributed by atoms with Crippen LogP contribution in [0, 0.1) is 9.49 Å². The van der Waals surface area contributed by atoms with Gasteiger partial charge < -0.3 is 10.4 Å². The Bertz CT molecular complexity index is 295. The number of nitrogens with zero attached hydrogens (tertiary/aromatic N) is 2. The van der Waals surface area contributed by atoms with Crippen molar-refractivity contribution in [1.82, 2.24) is 9.97 Å². The van der Waals surface area contributed by atoms with Crippen LogP contribution in [0.2, 0.25) is 0 Å². The molecule has 0 aliphatic carbocycles. The van der Waals surface area contributed by atoms with Crippen LogP contribution in [-0.2, 0) is 0 Å². The van der Waals surface area contributed by atoms with Crippen LogP contribution in [0.3, 0.4) is 0 Å². The van der Waals surface area contributed by atoms with E-state index >= 15 is 0 Å². The van der Waals surface area contributed by atoms with Gasteiger partial charge in [0.1, 0.15) is 12.1 Å². The monoisotopic (exact) mass is 307 g/mol. The first-order valence-corrected chi connectivity index (χ1v) is 5.56. The summed E-state index contributed by atoms with van der Waals surface area (Å²) in [7, 11) is 0. The minimum atomic E-state index is 0.176. The molecule has 1 heterocycles. The Labute approximate surface area is 97.3 Å². The number of hydrogen-bond acceptors (Lipinski definition) is 4. The second-order valence-corrected chi connectivity index (χ2v) is 4.47. The fourth-order valence-corrected chi connectivity index (χ4v) is 1.39. The second kappa shape index (κ2) is 5.45. The van der Waals surface area contributed by atoms with E-state index in [0.29, 0.717) is 0 Å². The average Bonchev–Trinajstić information content (AvgIpc) is 2.20. The highest BCUT2D eigenvalue weighted by molar-refractivity contribution is 14.1. The predicted molar refractivity (Wildman–Crippen MR) is 64.1 cm³/mol. The molecule has 0 aromatic carbocycles. The van der Waals surface area contributed by atoms with E-state index in [9.17, 15) is 0 Å². The van der Waals surface area contributed by atoms with Crippen molar-refractivity contribution >= 4 is 28.4 Å². The van der Waals surface area contributed by atoms with E-state index in [0.717, 1.165) is 9.39 Å². The van der Waals surface area contributed by atoms with Crippen molar-refractivity contribution in [2.45, 2.75) is 19.9 Å². The molecule has 0 spiro atoms. The van der Waals surface area contributed by atoms with E-state index in [-0.39, 0.29) is 18.6 Å². The quantitative estimate of drug-likeness (QED) is 0.828. The number of rotatable bonds is 4. The van der Waals surface area contributed by atoms with Crippen LogP contribution in [0.5, 0.6) is 0 Å². The van der Waals surface area contributed by atoms with Crippen molar-refractivity contribution in [3.8, 4) is 0 Å². The van der Waals surface area contributed by atoms with Gasteiger partial charge in [-0.05, 0) is 35.4 Å². The zero-order valence-corrected chi connectivity index (χ0v) is 10.4. The molecule has 0 aliphatic heterocycles. The predicted octanol–water partition coefficient (Wildman–Crippen LogP) is 1.51. The third-order valence-corrected chi connectivity index (χ3v) is 2.96. The van der Waals surface area contributed by atoms with Crippen LogP contribution in [-0.4, -0.2) is 27.7 Å². The maximum atomic E-state index is 8.98. The number of hydrogen-bond donors (Lipinski definition) is 2. The van der Waals surface area contributed by atoms with Gasteiger partial charge in [-0.15, -0.1) is 0 Å². The first kappa shape index (κ1) is 11.6. The van der Waals surface area contributed by atoms with Crippen LogP contribution >= 0.6 is 22.6 Å². The first-order chi connectivity index (χ1) is 6.65. The molecule has 2 atom stereocenters. The van der Waals surface area contributed by atoms with Gasteiger partial charge in [-0.1, -0.05) is 6.92 Å². The van der Waals surface area contributed by atoms with Crippen molar-refractivity contribution in [3.63, 3.8) is 0 Å². The molecule has 0 fully saturated rings. The third kappa shape index (κ3) is 3.06. The summed E-state index contributed by atoms with van der Waals surface area (Å²) in [5.74, 6) is 1.04. The Morgan fingerprint density at radius 2 is 2.29 bits per heavy atom. The molecule has 0 saturated heterocycles. The SMILES string of the molecule is CC(CO)C(C)Nc1ncncc1I. The standard InChI is InChI=1S/C9H14IN3O/c1-6(4-14)7(2)13-9-8(10)3-11-5-12-9/h3,5-7,14H,4H2,1-2H3,(H,11,12,13). The topological polar surface area (TPSA) is 58.0 Å². The fraction of sp³-hybridized carbons (Fsp3) is 0.556. The summed E-state index contributed by atoms with van der Waals surface area (Å²) >= 11 is 2.18. The highest BCUT2D eigenvalue weighted by Gasteiger charge is 2.12. The normalized spacial score (nSPS) is 14.9. The van der Waals surface area contributed by atoms with E-state index in [2.05, 4.69) is 37.9 Å². The first-order valence-electron chi connectivity index (χ1n) is 4.48. The Morgan fingerprint density at radius 1 is 1.57 bits per heavy atom. The zero-order chi connectivity index (χ0) is 10.6. The van der Waals surface area contributed by atoms with Gasteiger partial charge in [-0.25, -0.2) is 9.97 Å².